The van der Waals surface area contributed by atoms with E-state index in [1.54, 1.807) is 25.2 Å². The van der Waals surface area contributed by atoms with Crippen LogP contribution >= 0.6 is 0 Å². The van der Waals surface area contributed by atoms with E-state index < -0.39 is 0 Å². The molecule has 1 heterocycles. The van der Waals surface area contributed by atoms with Gasteiger partial charge in [-0.2, -0.15) is 0 Å². The smallest absolute Gasteiger partial charge is 0.239 e. The standard InChI is InChI=1S/C8H13N5O/c1-10-8(14)5-13(2)7-4-11-3-6(9)12-7/h3-4H,5H2,1-2H3,(H2,9,12)(H,10,14). The van der Waals surface area contributed by atoms with Gasteiger partial charge in [-0.25, -0.2) is 4.98 Å². The number of amides is 1. The Morgan fingerprint density at radius 1 is 1.64 bits per heavy atom. The number of aromatic nitrogens is 2. The fourth-order valence-corrected chi connectivity index (χ4v) is 0.930. The minimum Gasteiger partial charge on any atom is -0.382 e. The molecule has 0 aromatic carbocycles. The van der Waals surface area contributed by atoms with Crippen LogP contribution in [-0.2, 0) is 4.79 Å². The van der Waals surface area contributed by atoms with Crippen LogP contribution in [0.25, 0.3) is 0 Å². The van der Waals surface area contributed by atoms with Crippen molar-refractivity contribution in [2.75, 3.05) is 31.3 Å². The number of hydrogen-bond acceptors (Lipinski definition) is 5. The maximum absolute atomic E-state index is 11.0. The number of carbonyl (C=O) groups is 1. The zero-order chi connectivity index (χ0) is 10.6. The first kappa shape index (κ1) is 10.2. The Morgan fingerprint density at radius 2 is 2.36 bits per heavy atom. The minimum absolute atomic E-state index is 0.0864. The van der Waals surface area contributed by atoms with Gasteiger partial charge in [-0.3, -0.25) is 9.78 Å². The second kappa shape index (κ2) is 4.40. The van der Waals surface area contributed by atoms with Crippen molar-refractivity contribution in [2.24, 2.45) is 0 Å². The third-order valence-corrected chi connectivity index (χ3v) is 1.69. The molecule has 0 aliphatic carbocycles. The van der Waals surface area contributed by atoms with Crippen LogP contribution in [-0.4, -0.2) is 36.5 Å². The van der Waals surface area contributed by atoms with E-state index in [1.165, 1.54) is 6.20 Å². The fraction of sp³-hybridized carbons (Fsp3) is 0.375. The molecular weight excluding hydrogens is 182 g/mol. The van der Waals surface area contributed by atoms with Gasteiger partial charge in [0.1, 0.15) is 11.6 Å². The molecule has 0 unspecified atom stereocenters. The molecule has 1 aromatic heterocycles. The van der Waals surface area contributed by atoms with Gasteiger partial charge in [-0.05, 0) is 0 Å². The van der Waals surface area contributed by atoms with E-state index in [0.717, 1.165) is 0 Å². The fourth-order valence-electron chi connectivity index (χ4n) is 0.930. The van der Waals surface area contributed by atoms with E-state index in [1.807, 2.05) is 0 Å². The number of hydrogen-bond donors (Lipinski definition) is 2. The monoisotopic (exact) mass is 195 g/mol. The molecule has 1 rings (SSSR count). The van der Waals surface area contributed by atoms with Crippen molar-refractivity contribution in [2.45, 2.75) is 0 Å². The summed E-state index contributed by atoms with van der Waals surface area (Å²) in [5.41, 5.74) is 5.46. The molecular formula is C8H13N5O. The molecule has 1 amide bonds. The zero-order valence-corrected chi connectivity index (χ0v) is 8.19. The molecule has 6 heteroatoms. The molecule has 0 aliphatic rings. The topological polar surface area (TPSA) is 84.1 Å². The highest BCUT2D eigenvalue weighted by molar-refractivity contribution is 5.80. The van der Waals surface area contributed by atoms with Crippen molar-refractivity contribution in [3.63, 3.8) is 0 Å². The average Bonchev–Trinajstić information content (AvgIpc) is 2.17. The normalized spacial score (nSPS) is 9.57. The van der Waals surface area contributed by atoms with Crippen LogP contribution in [0.1, 0.15) is 0 Å². The van der Waals surface area contributed by atoms with E-state index in [0.29, 0.717) is 11.6 Å². The molecule has 0 saturated carbocycles. The Bertz CT molecular complexity index is 327. The Balaban J connectivity index is 2.69. The third-order valence-electron chi connectivity index (χ3n) is 1.69. The maximum atomic E-state index is 11.0. The molecule has 14 heavy (non-hydrogen) atoms. The summed E-state index contributed by atoms with van der Waals surface area (Å²) in [6, 6.07) is 0. The van der Waals surface area contributed by atoms with Gasteiger partial charge in [0, 0.05) is 14.1 Å². The summed E-state index contributed by atoms with van der Waals surface area (Å²) in [6.07, 6.45) is 3.01. The van der Waals surface area contributed by atoms with E-state index >= 15 is 0 Å². The summed E-state index contributed by atoms with van der Waals surface area (Å²) in [5.74, 6) is 0.830. The van der Waals surface area contributed by atoms with Crippen LogP contribution in [0.3, 0.4) is 0 Å². The van der Waals surface area contributed by atoms with Gasteiger partial charge in [0.2, 0.25) is 5.91 Å². The maximum Gasteiger partial charge on any atom is 0.239 e. The van der Waals surface area contributed by atoms with Crippen LogP contribution in [0.15, 0.2) is 12.4 Å². The van der Waals surface area contributed by atoms with Gasteiger partial charge >= 0.3 is 0 Å². The Kier molecular flexibility index (Phi) is 3.22. The zero-order valence-electron chi connectivity index (χ0n) is 8.19. The molecule has 76 valence electrons. The van der Waals surface area contributed by atoms with Gasteiger partial charge in [0.15, 0.2) is 0 Å². The number of nitrogens with two attached hydrogens (primary N) is 1. The summed E-state index contributed by atoms with van der Waals surface area (Å²) in [7, 11) is 3.33. The van der Waals surface area contributed by atoms with Crippen LogP contribution in [0, 0.1) is 0 Å². The lowest BCUT2D eigenvalue weighted by atomic mass is 10.5. The quantitative estimate of drug-likeness (QED) is 0.662. The summed E-state index contributed by atoms with van der Waals surface area (Å²) >= 11 is 0. The van der Waals surface area contributed by atoms with Crippen molar-refractivity contribution in [3.8, 4) is 0 Å². The molecule has 0 bridgehead atoms. The molecule has 0 aliphatic heterocycles. The van der Waals surface area contributed by atoms with Crippen molar-refractivity contribution in [1.82, 2.24) is 15.3 Å². The number of likely N-dealkylation sites (N-methyl/N-ethyl adjacent to an activating group) is 2. The number of anilines is 2. The van der Waals surface area contributed by atoms with Gasteiger partial charge < -0.3 is 16.0 Å². The van der Waals surface area contributed by atoms with E-state index in [-0.39, 0.29) is 12.5 Å². The number of nitrogens with one attached hydrogen (secondary N) is 1. The Labute approximate surface area is 82.1 Å². The summed E-state index contributed by atoms with van der Waals surface area (Å²) in [6.45, 7) is 0.231. The molecule has 0 saturated heterocycles. The molecule has 6 nitrogen and oxygen atoms in total. The van der Waals surface area contributed by atoms with Crippen molar-refractivity contribution in [3.05, 3.63) is 12.4 Å². The van der Waals surface area contributed by atoms with Crippen LogP contribution in [0.2, 0.25) is 0 Å². The highest BCUT2D eigenvalue weighted by Gasteiger charge is 2.07. The van der Waals surface area contributed by atoms with E-state index in [4.69, 9.17) is 5.73 Å². The third kappa shape index (κ3) is 2.58. The lowest BCUT2D eigenvalue weighted by Gasteiger charge is -2.16. The van der Waals surface area contributed by atoms with E-state index in [2.05, 4.69) is 15.3 Å². The second-order valence-electron chi connectivity index (χ2n) is 2.83. The highest BCUT2D eigenvalue weighted by Crippen LogP contribution is 2.07. The number of carbonyl (C=O) groups excluding carboxylic acids is 1. The van der Waals surface area contributed by atoms with Crippen molar-refractivity contribution < 1.29 is 4.79 Å². The van der Waals surface area contributed by atoms with Gasteiger partial charge in [-0.15, -0.1) is 0 Å². The molecule has 3 N–H and O–H groups in total. The van der Waals surface area contributed by atoms with Crippen LogP contribution in [0.4, 0.5) is 11.6 Å². The molecule has 0 spiro atoms. The Morgan fingerprint density at radius 3 is 2.93 bits per heavy atom. The summed E-state index contributed by atoms with van der Waals surface area (Å²) in [5, 5.41) is 2.52. The first-order valence-corrected chi connectivity index (χ1v) is 4.12. The molecule has 0 fully saturated rings. The molecule has 1 aromatic rings. The molecule has 0 atom stereocenters. The average molecular weight is 195 g/mol. The number of nitrogens with zero attached hydrogens (tertiary/aromatic N) is 3. The number of nitrogen functional groups attached to an aromatic ring is 1. The van der Waals surface area contributed by atoms with Gasteiger partial charge in [0.25, 0.3) is 0 Å². The highest BCUT2D eigenvalue weighted by atomic mass is 16.1. The minimum atomic E-state index is -0.0864. The Hall–Kier alpha value is -1.85. The SMILES string of the molecule is CNC(=O)CN(C)c1cncc(N)n1. The summed E-state index contributed by atoms with van der Waals surface area (Å²) in [4.78, 5) is 20.6. The first-order valence-electron chi connectivity index (χ1n) is 4.12. The number of rotatable bonds is 3. The lowest BCUT2D eigenvalue weighted by molar-refractivity contribution is -0.119. The van der Waals surface area contributed by atoms with Crippen molar-refractivity contribution in [1.29, 1.82) is 0 Å². The summed E-state index contributed by atoms with van der Waals surface area (Å²) < 4.78 is 0. The van der Waals surface area contributed by atoms with Crippen LogP contribution < -0.4 is 16.0 Å². The molecule has 0 radical (unpaired) electrons. The first-order chi connectivity index (χ1) is 6.63. The van der Waals surface area contributed by atoms with Gasteiger partial charge in [0.05, 0.1) is 18.9 Å². The predicted molar refractivity (Wildman–Crippen MR) is 53.8 cm³/mol. The van der Waals surface area contributed by atoms with Crippen LogP contribution in [0.5, 0.6) is 0 Å². The predicted octanol–water partition coefficient (Wildman–Crippen LogP) is -0.759. The van der Waals surface area contributed by atoms with Crippen molar-refractivity contribution >= 4 is 17.5 Å². The second-order valence-corrected chi connectivity index (χ2v) is 2.83. The largest absolute Gasteiger partial charge is 0.382 e. The lowest BCUT2D eigenvalue weighted by Crippen LogP contribution is -2.33. The van der Waals surface area contributed by atoms with Gasteiger partial charge in [-0.1, -0.05) is 0 Å². The van der Waals surface area contributed by atoms with E-state index in [9.17, 15) is 4.79 Å².